The minimum Gasteiger partial charge on any atom is -0.469 e. The van der Waals surface area contributed by atoms with Crippen LogP contribution in [0.1, 0.15) is 12.0 Å². The Labute approximate surface area is 116 Å². The number of hydrogen-bond acceptors (Lipinski definition) is 5. The van der Waals surface area contributed by atoms with Gasteiger partial charge in [-0.25, -0.2) is 4.39 Å². The molecule has 1 fully saturated rings. The molecular formula is C14H15FN2O3. The van der Waals surface area contributed by atoms with E-state index in [2.05, 4.69) is 4.74 Å². The van der Waals surface area contributed by atoms with Crippen LogP contribution in [-0.2, 0) is 14.3 Å². The van der Waals surface area contributed by atoms with Gasteiger partial charge in [0.2, 0.25) is 0 Å². The van der Waals surface area contributed by atoms with Gasteiger partial charge in [-0.3, -0.25) is 4.79 Å². The number of halogens is 1. The first-order valence-electron chi connectivity index (χ1n) is 6.27. The zero-order valence-corrected chi connectivity index (χ0v) is 11.1. The maximum absolute atomic E-state index is 13.6. The lowest BCUT2D eigenvalue weighted by molar-refractivity contribution is -0.144. The second-order valence-corrected chi connectivity index (χ2v) is 4.46. The lowest BCUT2D eigenvalue weighted by Gasteiger charge is -2.34. The maximum atomic E-state index is 13.6. The van der Waals surface area contributed by atoms with Gasteiger partial charge < -0.3 is 14.4 Å². The third-order valence-corrected chi connectivity index (χ3v) is 3.20. The molecule has 1 saturated heterocycles. The number of nitrogens with zero attached hydrogens (tertiary/aromatic N) is 2. The van der Waals surface area contributed by atoms with Crippen molar-refractivity contribution in [1.82, 2.24) is 0 Å². The van der Waals surface area contributed by atoms with Crippen LogP contribution in [0, 0.1) is 17.1 Å². The Morgan fingerprint density at radius 1 is 1.65 bits per heavy atom. The molecule has 2 rings (SSSR count). The van der Waals surface area contributed by atoms with Gasteiger partial charge in [0, 0.05) is 13.1 Å². The van der Waals surface area contributed by atoms with Crippen molar-refractivity contribution >= 4 is 11.7 Å². The number of morpholine rings is 1. The number of rotatable bonds is 3. The van der Waals surface area contributed by atoms with Gasteiger partial charge in [0.05, 0.1) is 31.9 Å². The van der Waals surface area contributed by atoms with E-state index in [4.69, 9.17) is 10.00 Å². The monoisotopic (exact) mass is 278 g/mol. The molecule has 106 valence electrons. The Morgan fingerprint density at radius 3 is 3.15 bits per heavy atom. The highest BCUT2D eigenvalue weighted by molar-refractivity contribution is 5.70. The summed E-state index contributed by atoms with van der Waals surface area (Å²) in [5.74, 6) is -0.891. The van der Waals surface area contributed by atoms with Gasteiger partial charge in [-0.2, -0.15) is 5.26 Å². The van der Waals surface area contributed by atoms with Gasteiger partial charge in [-0.1, -0.05) is 6.07 Å². The van der Waals surface area contributed by atoms with Crippen molar-refractivity contribution in [2.24, 2.45) is 0 Å². The molecule has 0 N–H and O–H groups in total. The minimum absolute atomic E-state index is 0.0196. The summed E-state index contributed by atoms with van der Waals surface area (Å²) in [4.78, 5) is 13.1. The van der Waals surface area contributed by atoms with E-state index >= 15 is 0 Å². The van der Waals surface area contributed by atoms with Crippen molar-refractivity contribution in [3.05, 3.63) is 29.6 Å². The number of methoxy groups -OCH3 is 1. The number of benzene rings is 1. The fourth-order valence-electron chi connectivity index (χ4n) is 2.22. The summed E-state index contributed by atoms with van der Waals surface area (Å²) in [7, 11) is 1.32. The van der Waals surface area contributed by atoms with Crippen LogP contribution in [0.25, 0.3) is 0 Å². The number of carbonyl (C=O) groups excluding carboxylic acids is 1. The first kappa shape index (κ1) is 14.3. The molecule has 20 heavy (non-hydrogen) atoms. The molecule has 5 nitrogen and oxygen atoms in total. The Bertz CT molecular complexity index is 542. The van der Waals surface area contributed by atoms with Gasteiger partial charge in [0.1, 0.15) is 17.4 Å². The van der Waals surface area contributed by atoms with Gasteiger partial charge in [-0.05, 0) is 12.1 Å². The molecule has 6 heteroatoms. The van der Waals surface area contributed by atoms with Crippen molar-refractivity contribution in [1.29, 1.82) is 5.26 Å². The number of nitriles is 1. The molecule has 1 aliphatic rings. The molecule has 0 radical (unpaired) electrons. The number of anilines is 1. The van der Waals surface area contributed by atoms with Crippen LogP contribution >= 0.6 is 0 Å². The topological polar surface area (TPSA) is 62.6 Å². The number of hydrogen-bond donors (Lipinski definition) is 0. The van der Waals surface area contributed by atoms with Crippen LogP contribution in [0.4, 0.5) is 10.1 Å². The Hall–Kier alpha value is -2.13. The van der Waals surface area contributed by atoms with Crippen LogP contribution in [0.5, 0.6) is 0 Å². The van der Waals surface area contributed by atoms with Crippen molar-refractivity contribution in [3.63, 3.8) is 0 Å². The summed E-state index contributed by atoms with van der Waals surface area (Å²) in [6.07, 6.45) is -0.171. The van der Waals surface area contributed by atoms with Crippen LogP contribution in [0.2, 0.25) is 0 Å². The summed E-state index contributed by atoms with van der Waals surface area (Å²) >= 11 is 0. The molecule has 1 aromatic rings. The lowest BCUT2D eigenvalue weighted by atomic mass is 10.1. The lowest BCUT2D eigenvalue weighted by Crippen LogP contribution is -2.43. The molecule has 0 saturated carbocycles. The Morgan fingerprint density at radius 2 is 2.45 bits per heavy atom. The first-order valence-corrected chi connectivity index (χ1v) is 6.27. The van der Waals surface area contributed by atoms with E-state index in [0.717, 1.165) is 0 Å². The molecular weight excluding hydrogens is 263 g/mol. The molecule has 0 amide bonds. The van der Waals surface area contributed by atoms with Crippen LogP contribution in [0.15, 0.2) is 18.2 Å². The SMILES string of the molecule is COC(=O)CC1CN(c2cccc(F)c2C#N)CCO1. The molecule has 0 bridgehead atoms. The first-order chi connectivity index (χ1) is 9.65. The van der Waals surface area contributed by atoms with Crippen LogP contribution < -0.4 is 4.90 Å². The second kappa shape index (κ2) is 6.35. The van der Waals surface area contributed by atoms with E-state index in [1.54, 1.807) is 12.1 Å². The molecule has 0 aromatic heterocycles. The standard InChI is InChI=1S/C14H15FN2O3/c1-19-14(18)7-10-9-17(5-6-20-10)13-4-2-3-12(15)11(13)8-16/h2-4,10H,5-7,9H2,1H3. The predicted octanol–water partition coefficient (Wildman–Crippen LogP) is 1.47. The summed E-state index contributed by atoms with van der Waals surface area (Å²) in [5.41, 5.74) is 0.553. The summed E-state index contributed by atoms with van der Waals surface area (Å²) in [6, 6.07) is 6.40. The third kappa shape index (κ3) is 3.06. The van der Waals surface area contributed by atoms with E-state index in [-0.39, 0.29) is 24.1 Å². The van der Waals surface area contributed by atoms with Gasteiger partial charge >= 0.3 is 5.97 Å². The largest absolute Gasteiger partial charge is 0.469 e. The van der Waals surface area contributed by atoms with Crippen LogP contribution in [-0.4, -0.2) is 38.9 Å². The van der Waals surface area contributed by atoms with E-state index < -0.39 is 5.82 Å². The number of carbonyl (C=O) groups is 1. The predicted molar refractivity (Wildman–Crippen MR) is 69.7 cm³/mol. The molecule has 1 aromatic carbocycles. The van der Waals surface area contributed by atoms with E-state index in [1.165, 1.54) is 13.2 Å². The molecule has 0 spiro atoms. The molecule has 0 aliphatic carbocycles. The summed E-state index contributed by atoms with van der Waals surface area (Å²) in [6.45, 7) is 1.39. The highest BCUT2D eigenvalue weighted by Crippen LogP contribution is 2.25. The van der Waals surface area contributed by atoms with Crippen molar-refractivity contribution in [3.8, 4) is 6.07 Å². The molecule has 1 aliphatic heterocycles. The van der Waals surface area contributed by atoms with E-state index in [0.29, 0.717) is 25.4 Å². The highest BCUT2D eigenvalue weighted by atomic mass is 19.1. The zero-order valence-electron chi connectivity index (χ0n) is 11.1. The van der Waals surface area contributed by atoms with Crippen molar-refractivity contribution in [2.75, 3.05) is 31.7 Å². The fourth-order valence-corrected chi connectivity index (χ4v) is 2.22. The third-order valence-electron chi connectivity index (χ3n) is 3.20. The quantitative estimate of drug-likeness (QED) is 0.783. The average molecular weight is 278 g/mol. The minimum atomic E-state index is -0.541. The van der Waals surface area contributed by atoms with Crippen molar-refractivity contribution in [2.45, 2.75) is 12.5 Å². The smallest absolute Gasteiger partial charge is 0.308 e. The van der Waals surface area contributed by atoms with E-state index in [1.807, 2.05) is 11.0 Å². The Kier molecular flexibility index (Phi) is 4.53. The van der Waals surface area contributed by atoms with Gasteiger partial charge in [0.15, 0.2) is 0 Å². The zero-order chi connectivity index (χ0) is 14.5. The normalized spacial score (nSPS) is 18.4. The second-order valence-electron chi connectivity index (χ2n) is 4.46. The van der Waals surface area contributed by atoms with Gasteiger partial charge in [-0.15, -0.1) is 0 Å². The highest BCUT2D eigenvalue weighted by Gasteiger charge is 2.25. The molecule has 1 heterocycles. The maximum Gasteiger partial charge on any atom is 0.308 e. The van der Waals surface area contributed by atoms with Crippen molar-refractivity contribution < 1.29 is 18.7 Å². The fraction of sp³-hybridized carbons (Fsp3) is 0.429. The van der Waals surface area contributed by atoms with Gasteiger partial charge in [0.25, 0.3) is 0 Å². The molecule has 1 unspecified atom stereocenters. The summed E-state index contributed by atoms with van der Waals surface area (Å²) in [5, 5.41) is 9.06. The van der Waals surface area contributed by atoms with Crippen LogP contribution in [0.3, 0.4) is 0 Å². The summed E-state index contributed by atoms with van der Waals surface area (Å²) < 4.78 is 23.7. The molecule has 1 atom stereocenters. The average Bonchev–Trinajstić information content (AvgIpc) is 2.47. The van der Waals surface area contributed by atoms with E-state index in [9.17, 15) is 9.18 Å². The Balaban J connectivity index is 2.15. The number of esters is 1. The number of ether oxygens (including phenoxy) is 2.